The molecule has 2 aromatic carbocycles. The molecule has 112 valence electrons. The van der Waals surface area contributed by atoms with Crippen LogP contribution < -0.4 is 10.1 Å². The molecule has 1 unspecified atom stereocenters. The van der Waals surface area contributed by atoms with Gasteiger partial charge in [-0.15, -0.1) is 0 Å². The average molecular weight is 287 g/mol. The van der Waals surface area contributed by atoms with Crippen LogP contribution in [0.15, 0.2) is 36.4 Å². The van der Waals surface area contributed by atoms with Gasteiger partial charge in [0.1, 0.15) is 11.6 Å². The van der Waals surface area contributed by atoms with Crippen LogP contribution in [0.5, 0.6) is 5.75 Å². The molecule has 0 aliphatic carbocycles. The monoisotopic (exact) mass is 287 g/mol. The Hall–Kier alpha value is -1.87. The number of ether oxygens (including phenoxy) is 1. The van der Waals surface area contributed by atoms with Crippen LogP contribution in [0, 0.1) is 19.7 Å². The second kappa shape index (κ2) is 6.72. The van der Waals surface area contributed by atoms with Crippen molar-refractivity contribution in [3.8, 4) is 5.75 Å². The molecule has 2 aromatic rings. The molecule has 0 amide bonds. The van der Waals surface area contributed by atoms with Gasteiger partial charge >= 0.3 is 0 Å². The van der Waals surface area contributed by atoms with Crippen molar-refractivity contribution in [3.63, 3.8) is 0 Å². The van der Waals surface area contributed by atoms with Crippen molar-refractivity contribution in [2.45, 2.75) is 26.8 Å². The number of aryl methyl sites for hydroxylation is 2. The van der Waals surface area contributed by atoms with Crippen molar-refractivity contribution in [1.82, 2.24) is 5.32 Å². The van der Waals surface area contributed by atoms with Crippen molar-refractivity contribution >= 4 is 0 Å². The summed E-state index contributed by atoms with van der Waals surface area (Å²) in [6.07, 6.45) is 0. The molecule has 0 aromatic heterocycles. The molecule has 0 spiro atoms. The molecule has 0 heterocycles. The summed E-state index contributed by atoms with van der Waals surface area (Å²) in [4.78, 5) is 0. The van der Waals surface area contributed by atoms with E-state index in [0.29, 0.717) is 5.56 Å². The van der Waals surface area contributed by atoms with Gasteiger partial charge in [-0.3, -0.25) is 0 Å². The van der Waals surface area contributed by atoms with Crippen LogP contribution in [-0.4, -0.2) is 13.7 Å². The highest BCUT2D eigenvalue weighted by Crippen LogP contribution is 2.32. The van der Waals surface area contributed by atoms with E-state index < -0.39 is 0 Å². The fourth-order valence-electron chi connectivity index (χ4n) is 2.56. The number of nitrogens with one attached hydrogen (secondary N) is 1. The second-order valence-electron chi connectivity index (χ2n) is 5.26. The molecule has 0 bridgehead atoms. The lowest BCUT2D eigenvalue weighted by molar-refractivity contribution is 0.403. The number of hydrogen-bond acceptors (Lipinski definition) is 2. The Balaban J connectivity index is 2.58. The van der Waals surface area contributed by atoms with Crippen LogP contribution in [0.4, 0.5) is 4.39 Å². The van der Waals surface area contributed by atoms with E-state index in [1.54, 1.807) is 13.2 Å². The normalized spacial score (nSPS) is 12.2. The van der Waals surface area contributed by atoms with E-state index in [-0.39, 0.29) is 11.9 Å². The smallest absolute Gasteiger partial charge is 0.128 e. The number of methoxy groups -OCH3 is 1. The van der Waals surface area contributed by atoms with Gasteiger partial charge in [0, 0.05) is 11.1 Å². The van der Waals surface area contributed by atoms with E-state index in [4.69, 9.17) is 4.74 Å². The first-order valence-electron chi connectivity index (χ1n) is 7.20. The number of benzene rings is 2. The molecule has 0 radical (unpaired) electrons. The Morgan fingerprint density at radius 2 is 1.67 bits per heavy atom. The molecule has 0 saturated carbocycles. The Morgan fingerprint density at radius 1 is 1.05 bits per heavy atom. The molecular formula is C18H22FNO. The van der Waals surface area contributed by atoms with Gasteiger partial charge in [-0.1, -0.05) is 42.3 Å². The van der Waals surface area contributed by atoms with Crippen molar-refractivity contribution in [2.24, 2.45) is 0 Å². The highest BCUT2D eigenvalue weighted by molar-refractivity contribution is 5.44. The van der Waals surface area contributed by atoms with Gasteiger partial charge in [-0.05, 0) is 32.5 Å². The Kier molecular flexibility index (Phi) is 4.97. The average Bonchev–Trinajstić information content (AvgIpc) is 2.47. The summed E-state index contributed by atoms with van der Waals surface area (Å²) >= 11 is 0. The Morgan fingerprint density at radius 3 is 2.29 bits per heavy atom. The molecule has 3 heteroatoms. The second-order valence-corrected chi connectivity index (χ2v) is 5.26. The zero-order chi connectivity index (χ0) is 15.4. The molecule has 2 nitrogen and oxygen atoms in total. The Labute approximate surface area is 126 Å². The third-order valence-corrected chi connectivity index (χ3v) is 3.57. The van der Waals surface area contributed by atoms with E-state index in [1.807, 2.05) is 45.0 Å². The predicted octanol–water partition coefficient (Wildman–Crippen LogP) is 4.15. The summed E-state index contributed by atoms with van der Waals surface area (Å²) in [5.74, 6) is 0.572. The van der Waals surface area contributed by atoms with E-state index in [1.165, 1.54) is 6.07 Å². The maximum Gasteiger partial charge on any atom is 0.128 e. The van der Waals surface area contributed by atoms with Crippen molar-refractivity contribution in [1.29, 1.82) is 0 Å². The van der Waals surface area contributed by atoms with Gasteiger partial charge in [0.05, 0.1) is 13.2 Å². The number of rotatable bonds is 5. The zero-order valence-electron chi connectivity index (χ0n) is 13.0. The molecular weight excluding hydrogens is 265 g/mol. The van der Waals surface area contributed by atoms with E-state index >= 15 is 0 Å². The SMILES string of the molecule is CCNC(c1cc(C)ccc1F)c1cc(C)ccc1OC. The molecule has 2 rings (SSSR count). The third-order valence-electron chi connectivity index (χ3n) is 3.57. The van der Waals surface area contributed by atoms with Gasteiger partial charge in [0.15, 0.2) is 0 Å². The van der Waals surface area contributed by atoms with Crippen LogP contribution in [-0.2, 0) is 0 Å². The summed E-state index contributed by atoms with van der Waals surface area (Å²) in [6, 6.07) is 11.0. The quantitative estimate of drug-likeness (QED) is 0.892. The predicted molar refractivity (Wildman–Crippen MR) is 84.4 cm³/mol. The lowest BCUT2D eigenvalue weighted by Crippen LogP contribution is -2.23. The van der Waals surface area contributed by atoms with E-state index in [2.05, 4.69) is 5.32 Å². The van der Waals surface area contributed by atoms with Gasteiger partial charge < -0.3 is 10.1 Å². The minimum atomic E-state index is -0.218. The largest absolute Gasteiger partial charge is 0.496 e. The van der Waals surface area contributed by atoms with Crippen molar-refractivity contribution < 1.29 is 9.13 Å². The van der Waals surface area contributed by atoms with Gasteiger partial charge in [-0.2, -0.15) is 0 Å². The summed E-state index contributed by atoms with van der Waals surface area (Å²) < 4.78 is 19.7. The maximum absolute atomic E-state index is 14.3. The van der Waals surface area contributed by atoms with Crippen molar-refractivity contribution in [2.75, 3.05) is 13.7 Å². The standard InChI is InChI=1S/C18H22FNO/c1-5-20-18(14-10-12(2)6-8-16(14)19)15-11-13(3)7-9-17(15)21-4/h6-11,18,20H,5H2,1-4H3. The molecule has 21 heavy (non-hydrogen) atoms. The van der Waals surface area contributed by atoms with Crippen molar-refractivity contribution in [3.05, 3.63) is 64.5 Å². The first-order valence-corrected chi connectivity index (χ1v) is 7.20. The highest BCUT2D eigenvalue weighted by atomic mass is 19.1. The summed E-state index contributed by atoms with van der Waals surface area (Å²) in [5.41, 5.74) is 3.78. The highest BCUT2D eigenvalue weighted by Gasteiger charge is 2.20. The lowest BCUT2D eigenvalue weighted by atomic mass is 9.94. The minimum absolute atomic E-state index is 0.199. The van der Waals surface area contributed by atoms with Crippen LogP contribution >= 0.6 is 0 Å². The van der Waals surface area contributed by atoms with Gasteiger partial charge in [-0.25, -0.2) is 4.39 Å². The van der Waals surface area contributed by atoms with Crippen LogP contribution in [0.25, 0.3) is 0 Å². The summed E-state index contributed by atoms with van der Waals surface area (Å²) in [5, 5.41) is 3.37. The molecule has 1 atom stereocenters. The maximum atomic E-state index is 14.3. The van der Waals surface area contributed by atoms with Gasteiger partial charge in [0.25, 0.3) is 0 Å². The zero-order valence-corrected chi connectivity index (χ0v) is 13.0. The number of hydrogen-bond donors (Lipinski definition) is 1. The van der Waals surface area contributed by atoms with E-state index in [9.17, 15) is 4.39 Å². The Bertz CT molecular complexity index is 625. The molecule has 0 aliphatic heterocycles. The first-order chi connectivity index (χ1) is 10.1. The lowest BCUT2D eigenvalue weighted by Gasteiger charge is -2.22. The summed E-state index contributed by atoms with van der Waals surface area (Å²) in [7, 11) is 1.64. The molecule has 0 fully saturated rings. The van der Waals surface area contributed by atoms with Crippen LogP contribution in [0.1, 0.15) is 35.2 Å². The summed E-state index contributed by atoms with van der Waals surface area (Å²) in [6.45, 7) is 6.76. The third kappa shape index (κ3) is 3.42. The first kappa shape index (κ1) is 15.5. The molecule has 0 aliphatic rings. The van der Waals surface area contributed by atoms with Crippen LogP contribution in [0.3, 0.4) is 0 Å². The van der Waals surface area contributed by atoms with Gasteiger partial charge in [0.2, 0.25) is 0 Å². The van der Waals surface area contributed by atoms with Crippen LogP contribution in [0.2, 0.25) is 0 Å². The minimum Gasteiger partial charge on any atom is -0.496 e. The molecule has 1 N–H and O–H groups in total. The van der Waals surface area contributed by atoms with E-state index in [0.717, 1.165) is 29.0 Å². The fraction of sp³-hybridized carbons (Fsp3) is 0.333. The fourth-order valence-corrected chi connectivity index (χ4v) is 2.56. The molecule has 0 saturated heterocycles. The number of halogens is 1. The topological polar surface area (TPSA) is 21.3 Å².